The van der Waals surface area contributed by atoms with Crippen LogP contribution in [0.4, 0.5) is 0 Å². The van der Waals surface area contributed by atoms with Crippen LogP contribution in [0.5, 0.6) is 0 Å². The molecule has 0 bridgehead atoms. The second kappa shape index (κ2) is 48.8. The first-order valence-electron chi connectivity index (χ1n) is 26.2. The van der Waals surface area contributed by atoms with E-state index in [1.54, 1.807) is 0 Å². The molecule has 348 valence electrons. The second-order valence-corrected chi connectivity index (χ2v) is 17.8. The van der Waals surface area contributed by atoms with Crippen molar-refractivity contribution >= 4 is 17.9 Å². The van der Waals surface area contributed by atoms with Gasteiger partial charge in [0.05, 0.1) is 0 Å². The lowest BCUT2D eigenvalue weighted by molar-refractivity contribution is -0.167. The van der Waals surface area contributed by atoms with E-state index in [1.807, 2.05) is 0 Å². The summed E-state index contributed by atoms with van der Waals surface area (Å²) in [6.45, 7) is 6.66. The van der Waals surface area contributed by atoms with Gasteiger partial charge in [-0.1, -0.05) is 238 Å². The molecule has 0 rings (SSSR count). The molecule has 59 heavy (non-hydrogen) atoms. The van der Waals surface area contributed by atoms with Gasteiger partial charge in [0.2, 0.25) is 0 Å². The van der Waals surface area contributed by atoms with E-state index in [9.17, 15) is 14.4 Å². The molecule has 0 unspecified atom stereocenters. The lowest BCUT2D eigenvalue weighted by Gasteiger charge is -2.18. The SMILES string of the molecule is CCCCCCC/C=C\CCCCCCCC(=O)OC[C@@H](COC(=O)CCCCCCCCCCCCCCC)OC(=O)CCCCCCCCCCCCCCCC. The van der Waals surface area contributed by atoms with Crippen molar-refractivity contribution in [3.63, 3.8) is 0 Å². The molecule has 0 aliphatic carbocycles. The molecule has 0 aromatic carbocycles. The van der Waals surface area contributed by atoms with E-state index in [4.69, 9.17) is 14.2 Å². The van der Waals surface area contributed by atoms with E-state index in [2.05, 4.69) is 32.9 Å². The summed E-state index contributed by atoms with van der Waals surface area (Å²) in [6.07, 6.45) is 53.3. The van der Waals surface area contributed by atoms with Gasteiger partial charge in [-0.25, -0.2) is 0 Å². The normalized spacial score (nSPS) is 12.0. The molecule has 6 heteroatoms. The first-order chi connectivity index (χ1) is 29.0. The second-order valence-electron chi connectivity index (χ2n) is 17.8. The fourth-order valence-corrected chi connectivity index (χ4v) is 7.79. The predicted octanol–water partition coefficient (Wildman–Crippen LogP) is 17.0. The van der Waals surface area contributed by atoms with Crippen LogP contribution in [0.3, 0.4) is 0 Å². The number of rotatable bonds is 48. The van der Waals surface area contributed by atoms with Gasteiger partial charge in [-0.15, -0.1) is 0 Å². The number of hydrogen-bond acceptors (Lipinski definition) is 6. The van der Waals surface area contributed by atoms with Crippen LogP contribution in [0, 0.1) is 0 Å². The molecule has 1 atom stereocenters. The Morgan fingerprint density at radius 2 is 0.559 bits per heavy atom. The Morgan fingerprint density at radius 3 is 0.847 bits per heavy atom. The highest BCUT2D eigenvalue weighted by atomic mass is 16.6. The zero-order valence-electron chi connectivity index (χ0n) is 39.8. The van der Waals surface area contributed by atoms with Gasteiger partial charge < -0.3 is 14.2 Å². The van der Waals surface area contributed by atoms with Gasteiger partial charge in [-0.05, 0) is 44.9 Å². The lowest BCUT2D eigenvalue weighted by atomic mass is 10.0. The van der Waals surface area contributed by atoms with Crippen molar-refractivity contribution in [3.05, 3.63) is 12.2 Å². The van der Waals surface area contributed by atoms with Crippen molar-refractivity contribution in [1.82, 2.24) is 0 Å². The third-order valence-electron chi connectivity index (χ3n) is 11.8. The summed E-state index contributed by atoms with van der Waals surface area (Å²) in [5, 5.41) is 0. The van der Waals surface area contributed by atoms with Crippen LogP contribution in [-0.4, -0.2) is 37.2 Å². The average Bonchev–Trinajstić information content (AvgIpc) is 3.23. The van der Waals surface area contributed by atoms with E-state index in [-0.39, 0.29) is 31.1 Å². The highest BCUT2D eigenvalue weighted by molar-refractivity contribution is 5.71. The zero-order valence-corrected chi connectivity index (χ0v) is 39.8. The third kappa shape index (κ3) is 47.1. The standard InChI is InChI=1S/C53H100O6/c1-4-7-10-13-16-19-22-25-28-31-34-37-40-43-46-52(55)58-49-50(48-57-51(54)45-42-39-36-33-30-27-24-21-18-15-12-9-6-3)59-53(56)47-44-41-38-35-32-29-26-23-20-17-14-11-8-5-2/h22,25,50H,4-21,23-24,26-49H2,1-3H3/b25-22-/t50-/m1/s1. The minimum atomic E-state index is -0.766. The number of carbonyl (C=O) groups excluding carboxylic acids is 3. The fourth-order valence-electron chi connectivity index (χ4n) is 7.79. The first kappa shape index (κ1) is 57.1. The molecule has 0 radical (unpaired) electrons. The maximum atomic E-state index is 12.8. The molecule has 0 aromatic heterocycles. The van der Waals surface area contributed by atoms with E-state index in [1.165, 1.54) is 186 Å². The van der Waals surface area contributed by atoms with E-state index in [0.29, 0.717) is 19.3 Å². The molecule has 0 fully saturated rings. The molecule has 0 aromatic rings. The van der Waals surface area contributed by atoms with Crippen molar-refractivity contribution in [2.45, 2.75) is 297 Å². The number of esters is 3. The molecule has 0 saturated carbocycles. The molecule has 0 aliphatic rings. The van der Waals surface area contributed by atoms with Crippen LogP contribution in [0.2, 0.25) is 0 Å². The molecule has 0 heterocycles. The summed E-state index contributed by atoms with van der Waals surface area (Å²) >= 11 is 0. The van der Waals surface area contributed by atoms with Crippen molar-refractivity contribution in [2.75, 3.05) is 13.2 Å². The first-order valence-corrected chi connectivity index (χ1v) is 26.2. The highest BCUT2D eigenvalue weighted by Gasteiger charge is 2.19. The quantitative estimate of drug-likeness (QED) is 0.0263. The van der Waals surface area contributed by atoms with Crippen LogP contribution < -0.4 is 0 Å². The minimum absolute atomic E-state index is 0.0671. The Bertz CT molecular complexity index is 916. The molecule has 0 saturated heterocycles. The third-order valence-corrected chi connectivity index (χ3v) is 11.8. The van der Waals surface area contributed by atoms with E-state index < -0.39 is 6.10 Å². The van der Waals surface area contributed by atoms with Gasteiger partial charge >= 0.3 is 17.9 Å². The maximum absolute atomic E-state index is 12.8. The van der Waals surface area contributed by atoms with E-state index in [0.717, 1.165) is 64.2 Å². The number of ether oxygens (including phenoxy) is 3. The Kier molecular flexibility index (Phi) is 47.3. The fraction of sp³-hybridized carbons (Fsp3) is 0.906. The molecule has 0 N–H and O–H groups in total. The van der Waals surface area contributed by atoms with Gasteiger partial charge in [-0.3, -0.25) is 14.4 Å². The van der Waals surface area contributed by atoms with Crippen molar-refractivity contribution in [2.24, 2.45) is 0 Å². The molecule has 0 amide bonds. The minimum Gasteiger partial charge on any atom is -0.462 e. The number of hydrogen-bond donors (Lipinski definition) is 0. The monoisotopic (exact) mass is 833 g/mol. The number of carbonyl (C=O) groups is 3. The lowest BCUT2D eigenvalue weighted by Crippen LogP contribution is -2.30. The Labute approximate surface area is 367 Å². The number of unbranched alkanes of at least 4 members (excludes halogenated alkanes) is 35. The zero-order chi connectivity index (χ0) is 43.0. The summed E-state index contributed by atoms with van der Waals surface area (Å²) < 4.78 is 16.8. The predicted molar refractivity (Wildman–Crippen MR) is 252 cm³/mol. The number of allylic oxidation sites excluding steroid dienone is 2. The molecular weight excluding hydrogens is 733 g/mol. The molecular formula is C53H100O6. The Hall–Kier alpha value is -1.85. The summed E-state index contributed by atoms with van der Waals surface area (Å²) in [7, 11) is 0. The van der Waals surface area contributed by atoms with Gasteiger partial charge in [0.25, 0.3) is 0 Å². The van der Waals surface area contributed by atoms with Gasteiger partial charge in [-0.2, -0.15) is 0 Å². The van der Waals surface area contributed by atoms with Crippen LogP contribution in [0.15, 0.2) is 12.2 Å². The Morgan fingerprint density at radius 1 is 0.322 bits per heavy atom. The molecule has 6 nitrogen and oxygen atoms in total. The topological polar surface area (TPSA) is 78.9 Å². The largest absolute Gasteiger partial charge is 0.462 e. The van der Waals surface area contributed by atoms with Crippen LogP contribution in [0.25, 0.3) is 0 Å². The summed E-state index contributed by atoms with van der Waals surface area (Å²) in [5.41, 5.74) is 0. The highest BCUT2D eigenvalue weighted by Crippen LogP contribution is 2.16. The summed E-state index contributed by atoms with van der Waals surface area (Å²) in [5.74, 6) is -0.858. The van der Waals surface area contributed by atoms with Crippen LogP contribution >= 0.6 is 0 Å². The van der Waals surface area contributed by atoms with E-state index >= 15 is 0 Å². The van der Waals surface area contributed by atoms with Gasteiger partial charge in [0.1, 0.15) is 13.2 Å². The summed E-state index contributed by atoms with van der Waals surface area (Å²) in [6, 6.07) is 0. The van der Waals surface area contributed by atoms with Crippen LogP contribution in [-0.2, 0) is 28.6 Å². The Balaban J connectivity index is 4.34. The van der Waals surface area contributed by atoms with Gasteiger partial charge in [0, 0.05) is 19.3 Å². The van der Waals surface area contributed by atoms with Gasteiger partial charge in [0.15, 0.2) is 6.10 Å². The van der Waals surface area contributed by atoms with Crippen molar-refractivity contribution in [1.29, 1.82) is 0 Å². The molecule has 0 spiro atoms. The molecule has 0 aliphatic heterocycles. The average molecular weight is 833 g/mol. The van der Waals surface area contributed by atoms with Crippen molar-refractivity contribution < 1.29 is 28.6 Å². The smallest absolute Gasteiger partial charge is 0.306 e. The maximum Gasteiger partial charge on any atom is 0.306 e. The van der Waals surface area contributed by atoms with Crippen molar-refractivity contribution in [3.8, 4) is 0 Å². The summed E-state index contributed by atoms with van der Waals surface area (Å²) in [4.78, 5) is 37.9. The van der Waals surface area contributed by atoms with Crippen LogP contribution in [0.1, 0.15) is 290 Å².